The van der Waals surface area contributed by atoms with Crippen molar-refractivity contribution in [3.05, 3.63) is 108 Å². The zero-order valence-electron chi connectivity index (χ0n) is 15.6. The number of ketones is 1. The highest BCUT2D eigenvalue weighted by atomic mass is 16.5. The average Bonchev–Trinajstić information content (AvgIpc) is 2.77. The van der Waals surface area contributed by atoms with Crippen LogP contribution in [0.4, 0.5) is 0 Å². The summed E-state index contributed by atoms with van der Waals surface area (Å²) in [6.45, 7) is -0.323. The summed E-state index contributed by atoms with van der Waals surface area (Å²) < 4.78 is 11.0. The van der Waals surface area contributed by atoms with Crippen molar-refractivity contribution in [3.8, 4) is 11.5 Å². The van der Waals surface area contributed by atoms with Crippen molar-refractivity contribution in [1.82, 2.24) is 0 Å². The summed E-state index contributed by atoms with van der Waals surface area (Å²) in [6.07, 6.45) is 0. The van der Waals surface area contributed by atoms with Crippen LogP contribution in [0.1, 0.15) is 20.7 Å². The molecule has 0 atom stereocenters. The monoisotopic (exact) mass is 382 g/mol. The van der Waals surface area contributed by atoms with Gasteiger partial charge in [-0.05, 0) is 41.1 Å². The van der Waals surface area contributed by atoms with Crippen LogP contribution in [0.3, 0.4) is 0 Å². The Kier molecular flexibility index (Phi) is 5.34. The van der Waals surface area contributed by atoms with E-state index >= 15 is 0 Å². The molecule has 4 aromatic rings. The number of hydrogen-bond acceptors (Lipinski definition) is 4. The second kappa shape index (κ2) is 8.40. The van der Waals surface area contributed by atoms with Crippen molar-refractivity contribution in [1.29, 1.82) is 0 Å². The largest absolute Gasteiger partial charge is 0.457 e. The zero-order valence-corrected chi connectivity index (χ0v) is 15.6. The van der Waals surface area contributed by atoms with Crippen LogP contribution >= 0.6 is 0 Å². The smallest absolute Gasteiger partial charge is 0.338 e. The quantitative estimate of drug-likeness (QED) is 0.318. The van der Waals surface area contributed by atoms with Crippen molar-refractivity contribution < 1.29 is 19.1 Å². The lowest BCUT2D eigenvalue weighted by Gasteiger charge is -2.09. The van der Waals surface area contributed by atoms with Crippen molar-refractivity contribution in [2.45, 2.75) is 0 Å². The van der Waals surface area contributed by atoms with E-state index < -0.39 is 5.97 Å². The van der Waals surface area contributed by atoms with Gasteiger partial charge in [-0.1, -0.05) is 66.7 Å². The predicted molar refractivity (Wildman–Crippen MR) is 112 cm³/mol. The van der Waals surface area contributed by atoms with Crippen LogP contribution in [0.5, 0.6) is 11.5 Å². The van der Waals surface area contributed by atoms with E-state index in [2.05, 4.69) is 0 Å². The average molecular weight is 382 g/mol. The van der Waals surface area contributed by atoms with Gasteiger partial charge in [0.15, 0.2) is 6.61 Å². The summed E-state index contributed by atoms with van der Waals surface area (Å²) in [5, 5.41) is 1.81. The van der Waals surface area contributed by atoms with Gasteiger partial charge < -0.3 is 9.47 Å². The number of fused-ring (bicyclic) bond motifs is 1. The van der Waals surface area contributed by atoms with E-state index in [1.165, 1.54) is 0 Å². The number of Topliss-reactive ketones (excluding diaryl/α,β-unsaturated/α-hetero) is 1. The fourth-order valence-corrected chi connectivity index (χ4v) is 3.07. The van der Waals surface area contributed by atoms with Crippen LogP contribution in [-0.4, -0.2) is 18.4 Å². The minimum atomic E-state index is -0.572. The van der Waals surface area contributed by atoms with Crippen LogP contribution in [0.2, 0.25) is 0 Å². The minimum Gasteiger partial charge on any atom is -0.457 e. The van der Waals surface area contributed by atoms with Crippen LogP contribution in [-0.2, 0) is 4.74 Å². The Bertz CT molecular complexity index is 1160. The molecule has 4 nitrogen and oxygen atoms in total. The van der Waals surface area contributed by atoms with E-state index in [-0.39, 0.29) is 12.4 Å². The molecule has 0 bridgehead atoms. The first-order valence-electron chi connectivity index (χ1n) is 9.22. The van der Waals surface area contributed by atoms with E-state index in [0.29, 0.717) is 22.6 Å². The molecule has 0 saturated heterocycles. The molecule has 4 heteroatoms. The van der Waals surface area contributed by atoms with Gasteiger partial charge in [0.1, 0.15) is 11.5 Å². The molecular formula is C25H18O4. The van der Waals surface area contributed by atoms with E-state index in [4.69, 9.17) is 9.47 Å². The van der Waals surface area contributed by atoms with Crippen LogP contribution < -0.4 is 4.74 Å². The van der Waals surface area contributed by atoms with Gasteiger partial charge in [-0.2, -0.15) is 0 Å². The molecule has 0 radical (unpaired) electrons. The molecule has 0 saturated carbocycles. The van der Waals surface area contributed by atoms with Gasteiger partial charge >= 0.3 is 5.97 Å². The van der Waals surface area contributed by atoms with Crippen molar-refractivity contribution in [2.24, 2.45) is 0 Å². The summed E-state index contributed by atoms with van der Waals surface area (Å²) >= 11 is 0. The fourth-order valence-electron chi connectivity index (χ4n) is 3.07. The number of carbonyl (C=O) groups is 2. The van der Waals surface area contributed by atoms with Crippen molar-refractivity contribution in [3.63, 3.8) is 0 Å². The van der Waals surface area contributed by atoms with Gasteiger partial charge in [-0.3, -0.25) is 4.79 Å². The molecule has 4 aromatic carbocycles. The molecule has 0 unspecified atom stereocenters. The maximum absolute atomic E-state index is 12.6. The molecule has 0 fully saturated rings. The highest BCUT2D eigenvalue weighted by Gasteiger charge is 2.14. The van der Waals surface area contributed by atoms with E-state index in [1.54, 1.807) is 30.3 Å². The first-order valence-corrected chi connectivity index (χ1v) is 9.22. The third-order valence-corrected chi connectivity index (χ3v) is 4.47. The third-order valence-electron chi connectivity index (χ3n) is 4.47. The SMILES string of the molecule is O=C(OCC(=O)c1cccc2ccccc12)c1cccc(Oc2ccccc2)c1. The molecule has 0 aliphatic carbocycles. The molecule has 142 valence electrons. The summed E-state index contributed by atoms with van der Waals surface area (Å²) in [4.78, 5) is 25.0. The summed E-state index contributed by atoms with van der Waals surface area (Å²) in [5.74, 6) is 0.374. The van der Waals surface area contributed by atoms with Crippen LogP contribution in [0, 0.1) is 0 Å². The summed E-state index contributed by atoms with van der Waals surface area (Å²) in [6, 6.07) is 29.1. The first kappa shape index (κ1) is 18.4. The normalized spacial score (nSPS) is 10.5. The Morgan fingerprint density at radius 1 is 0.690 bits per heavy atom. The van der Waals surface area contributed by atoms with Gasteiger partial charge in [0.05, 0.1) is 5.56 Å². The number of para-hydroxylation sites is 1. The Hall–Kier alpha value is -3.92. The zero-order chi connectivity index (χ0) is 20.1. The number of benzene rings is 4. The molecule has 0 spiro atoms. The first-order chi connectivity index (χ1) is 14.2. The Morgan fingerprint density at radius 3 is 2.24 bits per heavy atom. The highest BCUT2D eigenvalue weighted by Crippen LogP contribution is 2.22. The molecule has 0 amide bonds. The Balaban J connectivity index is 1.44. The fraction of sp³-hybridized carbons (Fsp3) is 0.0400. The predicted octanol–water partition coefficient (Wildman–Crippen LogP) is 5.67. The number of carbonyl (C=O) groups excluding carboxylic acids is 2. The van der Waals surface area contributed by atoms with Crippen molar-refractivity contribution in [2.75, 3.05) is 6.61 Å². The summed E-state index contributed by atoms with van der Waals surface area (Å²) in [5.41, 5.74) is 0.862. The maximum Gasteiger partial charge on any atom is 0.338 e. The van der Waals surface area contributed by atoms with E-state index in [9.17, 15) is 9.59 Å². The van der Waals surface area contributed by atoms with Gasteiger partial charge in [0.2, 0.25) is 5.78 Å². The van der Waals surface area contributed by atoms with Gasteiger partial charge in [0, 0.05) is 5.56 Å². The molecule has 0 aliphatic heterocycles. The second-order valence-corrected chi connectivity index (χ2v) is 6.47. The lowest BCUT2D eigenvalue weighted by molar-refractivity contribution is 0.0475. The van der Waals surface area contributed by atoms with Gasteiger partial charge in [-0.15, -0.1) is 0 Å². The Labute approximate surface area is 168 Å². The third kappa shape index (κ3) is 4.33. The topological polar surface area (TPSA) is 52.6 Å². The number of esters is 1. The lowest BCUT2D eigenvalue weighted by Crippen LogP contribution is -2.14. The summed E-state index contributed by atoms with van der Waals surface area (Å²) in [7, 11) is 0. The minimum absolute atomic E-state index is 0.244. The van der Waals surface area contributed by atoms with E-state index in [1.807, 2.05) is 66.7 Å². The lowest BCUT2D eigenvalue weighted by atomic mass is 10.0. The van der Waals surface area contributed by atoms with Gasteiger partial charge in [0.25, 0.3) is 0 Å². The molecule has 0 N–H and O–H groups in total. The standard InChI is InChI=1S/C25H18O4/c26-24(23-15-7-9-18-8-4-5-14-22(18)23)17-28-25(27)19-10-6-13-21(16-19)29-20-11-2-1-3-12-20/h1-16H,17H2. The molecule has 0 aromatic heterocycles. The molecular weight excluding hydrogens is 364 g/mol. The van der Waals surface area contributed by atoms with Gasteiger partial charge in [-0.25, -0.2) is 4.79 Å². The van der Waals surface area contributed by atoms with Crippen LogP contribution in [0.15, 0.2) is 97.1 Å². The van der Waals surface area contributed by atoms with Crippen LogP contribution in [0.25, 0.3) is 10.8 Å². The van der Waals surface area contributed by atoms with E-state index in [0.717, 1.165) is 10.8 Å². The maximum atomic E-state index is 12.6. The molecule has 4 rings (SSSR count). The Morgan fingerprint density at radius 2 is 1.38 bits per heavy atom. The molecule has 0 aliphatic rings. The highest BCUT2D eigenvalue weighted by molar-refractivity contribution is 6.09. The second-order valence-electron chi connectivity index (χ2n) is 6.47. The number of ether oxygens (including phenoxy) is 2. The molecule has 29 heavy (non-hydrogen) atoms. The molecule has 0 heterocycles. The van der Waals surface area contributed by atoms with Crippen molar-refractivity contribution >= 4 is 22.5 Å². The number of hydrogen-bond donors (Lipinski definition) is 0. The number of rotatable bonds is 6.